The molecule has 1 atom stereocenters. The SMILES string of the molecule is COc1ccc2nccc(-n3cc4c(n3)CCC(NCC(=O)NCc3ccccc3)C4)c2n1. The van der Waals surface area contributed by atoms with E-state index >= 15 is 0 Å². The Kier molecular flexibility index (Phi) is 5.99. The highest BCUT2D eigenvalue weighted by Crippen LogP contribution is 2.25. The van der Waals surface area contributed by atoms with Crippen LogP contribution >= 0.6 is 0 Å². The molecule has 0 aliphatic heterocycles. The molecule has 1 aliphatic carbocycles. The predicted molar refractivity (Wildman–Crippen MR) is 125 cm³/mol. The molecule has 168 valence electrons. The fraction of sp³-hybridized carbons (Fsp3) is 0.280. The number of fused-ring (bicyclic) bond motifs is 2. The molecular weight excluding hydrogens is 416 g/mol. The summed E-state index contributed by atoms with van der Waals surface area (Å²) in [5.41, 5.74) is 5.80. The van der Waals surface area contributed by atoms with Crippen molar-refractivity contribution in [2.24, 2.45) is 0 Å². The maximum Gasteiger partial charge on any atom is 0.234 e. The van der Waals surface area contributed by atoms with E-state index in [2.05, 4.69) is 26.8 Å². The Morgan fingerprint density at radius 1 is 1.18 bits per heavy atom. The van der Waals surface area contributed by atoms with Crippen molar-refractivity contribution in [3.05, 3.63) is 77.7 Å². The van der Waals surface area contributed by atoms with Gasteiger partial charge in [-0.15, -0.1) is 0 Å². The molecule has 3 heterocycles. The van der Waals surface area contributed by atoms with Gasteiger partial charge in [0.2, 0.25) is 11.8 Å². The number of aromatic nitrogens is 4. The van der Waals surface area contributed by atoms with Gasteiger partial charge in [0, 0.05) is 31.0 Å². The van der Waals surface area contributed by atoms with Gasteiger partial charge in [-0.25, -0.2) is 9.67 Å². The average molecular weight is 443 g/mol. The molecule has 2 N–H and O–H groups in total. The second-order valence-corrected chi connectivity index (χ2v) is 8.18. The summed E-state index contributed by atoms with van der Waals surface area (Å²) in [4.78, 5) is 21.2. The van der Waals surface area contributed by atoms with E-state index in [-0.39, 0.29) is 11.9 Å². The average Bonchev–Trinajstić information content (AvgIpc) is 3.29. The lowest BCUT2D eigenvalue weighted by atomic mass is 9.93. The summed E-state index contributed by atoms with van der Waals surface area (Å²) in [6, 6.07) is 15.8. The number of ether oxygens (including phenoxy) is 1. The molecule has 8 heteroatoms. The summed E-state index contributed by atoms with van der Waals surface area (Å²) in [5, 5.41) is 11.2. The number of hydrogen-bond acceptors (Lipinski definition) is 6. The molecule has 3 aromatic heterocycles. The minimum absolute atomic E-state index is 0.00335. The maximum atomic E-state index is 12.3. The van der Waals surface area contributed by atoms with Crippen molar-refractivity contribution in [1.82, 2.24) is 30.4 Å². The Morgan fingerprint density at radius 3 is 2.91 bits per heavy atom. The highest BCUT2D eigenvalue weighted by atomic mass is 16.5. The molecule has 0 saturated carbocycles. The number of rotatable bonds is 7. The number of aryl methyl sites for hydroxylation is 1. The number of methoxy groups -OCH3 is 1. The molecular formula is C25H26N6O2. The van der Waals surface area contributed by atoms with Crippen LogP contribution in [-0.4, -0.2) is 45.4 Å². The van der Waals surface area contributed by atoms with Gasteiger partial charge in [-0.2, -0.15) is 5.10 Å². The minimum Gasteiger partial charge on any atom is -0.481 e. The van der Waals surface area contributed by atoms with Crippen molar-refractivity contribution in [2.75, 3.05) is 13.7 Å². The molecule has 1 aromatic carbocycles. The molecule has 1 aliphatic rings. The number of amides is 1. The largest absolute Gasteiger partial charge is 0.481 e. The Morgan fingerprint density at radius 2 is 2.06 bits per heavy atom. The normalized spacial score (nSPS) is 15.2. The first kappa shape index (κ1) is 21.1. The third-order valence-corrected chi connectivity index (χ3v) is 5.95. The summed E-state index contributed by atoms with van der Waals surface area (Å²) in [6.07, 6.45) is 6.48. The van der Waals surface area contributed by atoms with Crippen LogP contribution in [0.3, 0.4) is 0 Å². The number of hydrogen-bond donors (Lipinski definition) is 2. The quantitative estimate of drug-likeness (QED) is 0.457. The van der Waals surface area contributed by atoms with E-state index < -0.39 is 0 Å². The van der Waals surface area contributed by atoms with E-state index in [1.165, 1.54) is 5.56 Å². The van der Waals surface area contributed by atoms with Crippen LogP contribution in [0.2, 0.25) is 0 Å². The molecule has 4 aromatic rings. The standard InChI is InChI=1S/C25H26N6O2/c1-33-24-10-9-21-25(29-24)22(11-12-26-21)31-16-18-13-19(7-8-20(18)30-31)27-15-23(32)28-14-17-5-3-2-4-6-17/h2-6,9-12,16,19,27H,7-8,13-15H2,1H3,(H,28,32). The summed E-state index contributed by atoms with van der Waals surface area (Å²) >= 11 is 0. The Labute approximate surface area is 192 Å². The number of pyridine rings is 2. The zero-order valence-electron chi connectivity index (χ0n) is 18.5. The van der Waals surface area contributed by atoms with Crippen LogP contribution in [0.15, 0.2) is 60.9 Å². The van der Waals surface area contributed by atoms with E-state index in [1.807, 2.05) is 47.1 Å². The Hall–Kier alpha value is -3.78. The van der Waals surface area contributed by atoms with Gasteiger partial charge >= 0.3 is 0 Å². The van der Waals surface area contributed by atoms with Gasteiger partial charge < -0.3 is 15.4 Å². The number of benzene rings is 1. The van der Waals surface area contributed by atoms with Crippen molar-refractivity contribution in [1.29, 1.82) is 0 Å². The molecule has 0 bridgehead atoms. The third-order valence-electron chi connectivity index (χ3n) is 5.95. The van der Waals surface area contributed by atoms with Crippen LogP contribution in [-0.2, 0) is 24.2 Å². The van der Waals surface area contributed by atoms with Crippen LogP contribution in [0.25, 0.3) is 16.7 Å². The fourth-order valence-corrected chi connectivity index (χ4v) is 4.19. The van der Waals surface area contributed by atoms with Crippen molar-refractivity contribution >= 4 is 16.9 Å². The molecule has 5 rings (SSSR count). The Balaban J connectivity index is 1.24. The van der Waals surface area contributed by atoms with Gasteiger partial charge in [0.25, 0.3) is 0 Å². The molecule has 0 fully saturated rings. The number of carbonyl (C=O) groups is 1. The van der Waals surface area contributed by atoms with Gasteiger partial charge in [-0.1, -0.05) is 30.3 Å². The smallest absolute Gasteiger partial charge is 0.234 e. The van der Waals surface area contributed by atoms with E-state index in [0.29, 0.717) is 19.0 Å². The van der Waals surface area contributed by atoms with Crippen LogP contribution < -0.4 is 15.4 Å². The molecule has 1 amide bonds. The van der Waals surface area contributed by atoms with Crippen molar-refractivity contribution in [3.63, 3.8) is 0 Å². The lowest BCUT2D eigenvalue weighted by molar-refractivity contribution is -0.120. The van der Waals surface area contributed by atoms with E-state index in [1.54, 1.807) is 19.4 Å². The number of carbonyl (C=O) groups excluding carboxylic acids is 1. The summed E-state index contributed by atoms with van der Waals surface area (Å²) in [7, 11) is 1.60. The maximum absolute atomic E-state index is 12.3. The fourth-order valence-electron chi connectivity index (χ4n) is 4.19. The second-order valence-electron chi connectivity index (χ2n) is 8.18. The summed E-state index contributed by atoms with van der Waals surface area (Å²) < 4.78 is 7.17. The predicted octanol–water partition coefficient (Wildman–Crippen LogP) is 2.59. The van der Waals surface area contributed by atoms with Gasteiger partial charge in [-0.3, -0.25) is 9.78 Å². The van der Waals surface area contributed by atoms with E-state index in [4.69, 9.17) is 9.84 Å². The molecule has 8 nitrogen and oxygen atoms in total. The third kappa shape index (κ3) is 4.70. The Bertz CT molecular complexity index is 1270. The van der Waals surface area contributed by atoms with E-state index in [9.17, 15) is 4.79 Å². The number of nitrogens with one attached hydrogen (secondary N) is 2. The lowest BCUT2D eigenvalue weighted by Gasteiger charge is -2.22. The molecule has 0 spiro atoms. The van der Waals surface area contributed by atoms with Crippen molar-refractivity contribution in [2.45, 2.75) is 31.8 Å². The second kappa shape index (κ2) is 9.38. The van der Waals surface area contributed by atoms with E-state index in [0.717, 1.165) is 47.2 Å². The monoisotopic (exact) mass is 442 g/mol. The highest BCUT2D eigenvalue weighted by molar-refractivity contribution is 5.83. The zero-order chi connectivity index (χ0) is 22.6. The molecule has 33 heavy (non-hydrogen) atoms. The molecule has 1 unspecified atom stereocenters. The highest BCUT2D eigenvalue weighted by Gasteiger charge is 2.23. The molecule has 0 radical (unpaired) electrons. The van der Waals surface area contributed by atoms with Gasteiger partial charge in [0.05, 0.1) is 30.6 Å². The first-order valence-electron chi connectivity index (χ1n) is 11.1. The van der Waals surface area contributed by atoms with Gasteiger partial charge in [0.1, 0.15) is 5.52 Å². The summed E-state index contributed by atoms with van der Waals surface area (Å²) in [6.45, 7) is 0.849. The lowest BCUT2D eigenvalue weighted by Crippen LogP contribution is -2.41. The van der Waals surface area contributed by atoms with Gasteiger partial charge in [0.15, 0.2) is 0 Å². The molecule has 0 saturated heterocycles. The number of nitrogens with zero attached hydrogens (tertiary/aromatic N) is 4. The van der Waals surface area contributed by atoms with Crippen molar-refractivity contribution < 1.29 is 9.53 Å². The van der Waals surface area contributed by atoms with Crippen molar-refractivity contribution in [3.8, 4) is 11.6 Å². The van der Waals surface area contributed by atoms with Crippen LogP contribution in [0.1, 0.15) is 23.2 Å². The summed E-state index contributed by atoms with van der Waals surface area (Å²) in [5.74, 6) is 0.548. The first-order chi connectivity index (χ1) is 16.2. The van der Waals surface area contributed by atoms with Gasteiger partial charge in [-0.05, 0) is 42.5 Å². The van der Waals surface area contributed by atoms with Crippen LogP contribution in [0.5, 0.6) is 5.88 Å². The minimum atomic E-state index is 0.00335. The topological polar surface area (TPSA) is 94.0 Å². The van der Waals surface area contributed by atoms with Crippen LogP contribution in [0.4, 0.5) is 0 Å². The van der Waals surface area contributed by atoms with Crippen LogP contribution in [0, 0.1) is 0 Å². The zero-order valence-corrected chi connectivity index (χ0v) is 18.5. The first-order valence-corrected chi connectivity index (χ1v) is 11.1.